The van der Waals surface area contributed by atoms with Gasteiger partial charge in [-0.3, -0.25) is 9.97 Å². The summed E-state index contributed by atoms with van der Waals surface area (Å²) in [5.41, 5.74) is 7.66. The van der Waals surface area contributed by atoms with E-state index in [4.69, 9.17) is 16.5 Å². The van der Waals surface area contributed by atoms with Crippen molar-refractivity contribution in [1.82, 2.24) is 9.97 Å². The third-order valence-corrected chi connectivity index (χ3v) is 7.05. The number of nitriles is 1. The summed E-state index contributed by atoms with van der Waals surface area (Å²) in [5.74, 6) is 0.913. The molecule has 4 heteroatoms. The Balaban J connectivity index is 1.24. The van der Waals surface area contributed by atoms with E-state index in [1.54, 1.807) is 0 Å². The van der Waals surface area contributed by atoms with E-state index in [9.17, 15) is 5.26 Å². The van der Waals surface area contributed by atoms with Crippen LogP contribution in [0.5, 0.6) is 0 Å². The first-order chi connectivity index (χ1) is 16.2. The van der Waals surface area contributed by atoms with Crippen LogP contribution >= 0.6 is 0 Å². The highest BCUT2D eigenvalue weighted by Gasteiger charge is 2.71. The van der Waals surface area contributed by atoms with Crippen molar-refractivity contribution < 1.29 is 0 Å². The van der Waals surface area contributed by atoms with Gasteiger partial charge < -0.3 is 0 Å². The van der Waals surface area contributed by atoms with Gasteiger partial charge in [0.05, 0.1) is 29.6 Å². The molecule has 0 radical (unpaired) electrons. The van der Waals surface area contributed by atoms with Crippen molar-refractivity contribution in [3.63, 3.8) is 0 Å². The summed E-state index contributed by atoms with van der Waals surface area (Å²) in [6.07, 6.45) is 2.29. The van der Waals surface area contributed by atoms with Gasteiger partial charge in [-0.1, -0.05) is 42.5 Å². The van der Waals surface area contributed by atoms with E-state index in [1.165, 1.54) is 0 Å². The molecular formula is C29H20N4. The summed E-state index contributed by atoms with van der Waals surface area (Å²) < 4.78 is 0. The molecule has 156 valence electrons. The number of hydrogen-bond acceptors (Lipinski definition) is 3. The van der Waals surface area contributed by atoms with Gasteiger partial charge in [0, 0.05) is 28.8 Å². The van der Waals surface area contributed by atoms with Gasteiger partial charge in [-0.15, -0.1) is 0 Å². The van der Waals surface area contributed by atoms with Gasteiger partial charge in [-0.05, 0) is 66.3 Å². The summed E-state index contributed by atoms with van der Waals surface area (Å²) in [6.45, 7) is 7.26. The zero-order valence-electron chi connectivity index (χ0n) is 17.9. The summed E-state index contributed by atoms with van der Waals surface area (Å²) >= 11 is 0. The Morgan fingerprint density at radius 2 is 1.36 bits per heavy atom. The van der Waals surface area contributed by atoms with E-state index >= 15 is 0 Å². The second kappa shape index (κ2) is 7.40. The molecule has 0 amide bonds. The molecule has 6 rings (SSSR count). The van der Waals surface area contributed by atoms with Crippen LogP contribution in [0.1, 0.15) is 41.6 Å². The van der Waals surface area contributed by atoms with Crippen molar-refractivity contribution in [1.29, 1.82) is 5.26 Å². The third kappa shape index (κ3) is 3.37. The molecule has 2 aromatic carbocycles. The number of hydrogen-bond donors (Lipinski definition) is 0. The number of pyridine rings is 2. The Morgan fingerprint density at radius 1 is 0.788 bits per heavy atom. The van der Waals surface area contributed by atoms with Gasteiger partial charge in [0.1, 0.15) is 0 Å². The summed E-state index contributed by atoms with van der Waals surface area (Å²) in [5, 5.41) is 9.21. The predicted molar refractivity (Wildman–Crippen MR) is 127 cm³/mol. The molecule has 2 heterocycles. The molecule has 1 spiro atoms. The molecule has 2 saturated carbocycles. The minimum atomic E-state index is 0.282. The second-order valence-electron chi connectivity index (χ2n) is 9.00. The maximum Gasteiger partial charge on any atom is 0.187 e. The number of aromatic nitrogens is 2. The quantitative estimate of drug-likeness (QED) is 0.335. The lowest BCUT2D eigenvalue weighted by molar-refractivity contribution is 0.769. The van der Waals surface area contributed by atoms with Crippen LogP contribution < -0.4 is 0 Å². The SMILES string of the molecule is [C-]#[N+]c1cccc(-c2cccc(C3CC34CC4c3cccc(-c4cccc(C#N)c4)n3)n2)c1. The molecule has 3 unspecified atom stereocenters. The van der Waals surface area contributed by atoms with Crippen molar-refractivity contribution in [2.75, 3.05) is 0 Å². The summed E-state index contributed by atoms with van der Waals surface area (Å²) in [7, 11) is 0. The topological polar surface area (TPSA) is 53.9 Å². The highest BCUT2D eigenvalue weighted by atomic mass is 14.9. The summed E-state index contributed by atoms with van der Waals surface area (Å²) in [4.78, 5) is 13.5. The molecule has 2 fully saturated rings. The molecule has 0 bridgehead atoms. The van der Waals surface area contributed by atoms with Crippen molar-refractivity contribution in [3.8, 4) is 28.6 Å². The van der Waals surface area contributed by atoms with Crippen LogP contribution in [0.2, 0.25) is 0 Å². The Labute approximate surface area is 193 Å². The summed E-state index contributed by atoms with van der Waals surface area (Å²) in [6, 6.07) is 29.9. The van der Waals surface area contributed by atoms with Gasteiger partial charge in [0.2, 0.25) is 0 Å². The van der Waals surface area contributed by atoms with Crippen LogP contribution in [0.3, 0.4) is 0 Å². The molecule has 2 aliphatic rings. The fourth-order valence-corrected chi connectivity index (χ4v) is 5.15. The lowest BCUT2D eigenvalue weighted by atomic mass is 10.1. The van der Waals surface area contributed by atoms with Gasteiger partial charge in [0.25, 0.3) is 0 Å². The largest absolute Gasteiger partial charge is 0.253 e. The maximum atomic E-state index is 9.21. The average Bonchev–Trinajstić information content (AvgIpc) is 3.81. The standard InChI is InChI=1S/C29H20N4/c1-31-22-9-3-8-21(15-22)26-11-5-13-28(33-26)24-17-29(24)16-23(29)27-12-4-10-25(32-27)20-7-2-6-19(14-20)18-30/h2-15,23-24H,16-17H2. The van der Waals surface area contributed by atoms with E-state index in [-0.39, 0.29) is 5.41 Å². The van der Waals surface area contributed by atoms with Crippen LogP contribution in [0.15, 0.2) is 84.9 Å². The third-order valence-electron chi connectivity index (χ3n) is 7.05. The van der Waals surface area contributed by atoms with Crippen molar-refractivity contribution >= 4 is 5.69 Å². The van der Waals surface area contributed by atoms with Gasteiger partial charge in [0.15, 0.2) is 5.69 Å². The van der Waals surface area contributed by atoms with E-state index < -0.39 is 0 Å². The van der Waals surface area contributed by atoms with Crippen LogP contribution in [0.4, 0.5) is 5.69 Å². The number of nitrogens with zero attached hydrogens (tertiary/aromatic N) is 4. The van der Waals surface area contributed by atoms with Crippen LogP contribution in [-0.2, 0) is 0 Å². The fourth-order valence-electron chi connectivity index (χ4n) is 5.15. The highest BCUT2D eigenvalue weighted by molar-refractivity contribution is 5.66. The molecule has 33 heavy (non-hydrogen) atoms. The van der Waals surface area contributed by atoms with Crippen LogP contribution in [0.25, 0.3) is 27.4 Å². The highest BCUT2D eigenvalue weighted by Crippen LogP contribution is 2.81. The normalized spacial score (nSPS) is 22.4. The molecule has 4 nitrogen and oxygen atoms in total. The van der Waals surface area contributed by atoms with Crippen molar-refractivity contribution in [2.24, 2.45) is 5.41 Å². The fraction of sp³-hybridized carbons (Fsp3) is 0.172. The Hall–Kier alpha value is -4.28. The van der Waals surface area contributed by atoms with Crippen molar-refractivity contribution in [2.45, 2.75) is 24.7 Å². The molecule has 4 aromatic rings. The second-order valence-corrected chi connectivity index (χ2v) is 9.00. The first-order valence-corrected chi connectivity index (χ1v) is 11.1. The van der Waals surface area contributed by atoms with E-state index in [2.05, 4.69) is 35.2 Å². The predicted octanol–water partition coefficient (Wildman–Crippen LogP) is 6.89. The van der Waals surface area contributed by atoms with Crippen LogP contribution in [0, 0.1) is 23.3 Å². The molecule has 0 saturated heterocycles. The van der Waals surface area contributed by atoms with Crippen molar-refractivity contribution in [3.05, 3.63) is 113 Å². The molecule has 3 atom stereocenters. The molecule has 2 aliphatic carbocycles. The van der Waals surface area contributed by atoms with E-state index in [0.29, 0.717) is 23.1 Å². The van der Waals surface area contributed by atoms with E-state index in [1.807, 2.05) is 60.7 Å². The first kappa shape index (κ1) is 19.4. The smallest absolute Gasteiger partial charge is 0.187 e. The van der Waals surface area contributed by atoms with Gasteiger partial charge in [-0.25, -0.2) is 4.85 Å². The number of rotatable bonds is 4. The van der Waals surface area contributed by atoms with Gasteiger partial charge in [-0.2, -0.15) is 5.26 Å². The molecule has 0 N–H and O–H groups in total. The minimum absolute atomic E-state index is 0.282. The Bertz CT molecular complexity index is 1360. The zero-order chi connectivity index (χ0) is 22.4. The number of benzene rings is 2. The average molecular weight is 425 g/mol. The van der Waals surface area contributed by atoms with E-state index in [0.717, 1.165) is 46.7 Å². The lowest BCUT2D eigenvalue weighted by Gasteiger charge is -2.06. The Kier molecular flexibility index (Phi) is 4.35. The Morgan fingerprint density at radius 3 is 1.97 bits per heavy atom. The first-order valence-electron chi connectivity index (χ1n) is 11.1. The molecule has 0 aliphatic heterocycles. The minimum Gasteiger partial charge on any atom is -0.253 e. The van der Waals surface area contributed by atoms with Crippen LogP contribution in [-0.4, -0.2) is 9.97 Å². The monoisotopic (exact) mass is 424 g/mol. The molecular weight excluding hydrogens is 404 g/mol. The van der Waals surface area contributed by atoms with Gasteiger partial charge >= 0.3 is 0 Å². The molecule has 2 aromatic heterocycles. The maximum absolute atomic E-state index is 9.21. The lowest BCUT2D eigenvalue weighted by Crippen LogP contribution is -1.95. The zero-order valence-corrected chi connectivity index (χ0v) is 17.9.